The number of hydrogen-bond acceptors (Lipinski definition) is 3. The molecule has 0 amide bonds. The molecule has 3 nitrogen and oxygen atoms in total. The molecule has 0 bridgehead atoms. The zero-order valence-electron chi connectivity index (χ0n) is 9.95. The van der Waals surface area contributed by atoms with Crippen LogP contribution in [0.4, 0.5) is 8.78 Å². The van der Waals surface area contributed by atoms with Gasteiger partial charge in [0.05, 0.1) is 11.4 Å². The number of ketones is 1. The minimum Gasteiger partial charge on any atom is -0.490 e. The molecule has 6 heteroatoms. The van der Waals surface area contributed by atoms with Crippen LogP contribution >= 0.6 is 15.9 Å². The molecule has 18 heavy (non-hydrogen) atoms. The van der Waals surface area contributed by atoms with Gasteiger partial charge in [-0.3, -0.25) is 4.79 Å². The lowest BCUT2D eigenvalue weighted by Crippen LogP contribution is -2.07. The molecule has 0 aliphatic carbocycles. The second-order valence-electron chi connectivity index (χ2n) is 3.49. The lowest BCUT2D eigenvalue weighted by Gasteiger charge is -2.14. The quantitative estimate of drug-likeness (QED) is 0.749. The summed E-state index contributed by atoms with van der Waals surface area (Å²) >= 11 is 3.18. The van der Waals surface area contributed by atoms with Crippen LogP contribution in [0.3, 0.4) is 0 Å². The van der Waals surface area contributed by atoms with Gasteiger partial charge in [-0.05, 0) is 31.5 Å². The van der Waals surface area contributed by atoms with E-state index in [-0.39, 0.29) is 17.3 Å². The van der Waals surface area contributed by atoms with Gasteiger partial charge in [-0.25, -0.2) is 0 Å². The highest BCUT2D eigenvalue weighted by Crippen LogP contribution is 2.34. The first-order chi connectivity index (χ1) is 8.45. The Bertz CT molecular complexity index is 424. The predicted octanol–water partition coefficient (Wildman–Crippen LogP) is 3.71. The fourth-order valence-electron chi connectivity index (χ4n) is 1.38. The fraction of sp³-hybridized carbons (Fsp3) is 0.417. The smallest absolute Gasteiger partial charge is 0.387 e. The molecule has 0 aromatic heterocycles. The summed E-state index contributed by atoms with van der Waals surface area (Å²) in [5, 5.41) is 0. The summed E-state index contributed by atoms with van der Waals surface area (Å²) in [6, 6.07) is 4.51. The zero-order valence-corrected chi connectivity index (χ0v) is 11.5. The maximum Gasteiger partial charge on any atom is 0.387 e. The van der Waals surface area contributed by atoms with Crippen molar-refractivity contribution in [3.8, 4) is 11.5 Å². The fourth-order valence-corrected chi connectivity index (χ4v) is 1.66. The number of benzene rings is 1. The first-order valence-corrected chi connectivity index (χ1v) is 6.23. The summed E-state index contributed by atoms with van der Waals surface area (Å²) in [6.07, 6.45) is 0. The van der Waals surface area contributed by atoms with Crippen molar-refractivity contribution < 1.29 is 23.0 Å². The van der Waals surface area contributed by atoms with E-state index in [0.29, 0.717) is 12.2 Å². The summed E-state index contributed by atoms with van der Waals surface area (Å²) in [4.78, 5) is 10.7. The molecule has 1 aromatic carbocycles. The van der Waals surface area contributed by atoms with E-state index in [2.05, 4.69) is 20.7 Å². The van der Waals surface area contributed by atoms with Crippen LogP contribution < -0.4 is 9.47 Å². The van der Waals surface area contributed by atoms with Crippen molar-refractivity contribution in [3.63, 3.8) is 0 Å². The predicted molar refractivity (Wildman–Crippen MR) is 66.6 cm³/mol. The van der Waals surface area contributed by atoms with Crippen LogP contribution in [0.25, 0.3) is 0 Å². The van der Waals surface area contributed by atoms with Crippen LogP contribution in [0.1, 0.15) is 24.2 Å². The highest BCUT2D eigenvalue weighted by atomic mass is 79.9. The summed E-state index contributed by atoms with van der Waals surface area (Å²) in [5.74, 6) is 0.0296. The molecule has 0 aliphatic heterocycles. The Labute approximate surface area is 112 Å². The number of ether oxygens (including phenoxy) is 2. The maximum atomic E-state index is 12.3. The van der Waals surface area contributed by atoms with E-state index in [1.54, 1.807) is 13.0 Å². The highest BCUT2D eigenvalue weighted by molar-refractivity contribution is 9.09. The van der Waals surface area contributed by atoms with Crippen LogP contribution in [-0.2, 0) is 4.79 Å². The highest BCUT2D eigenvalue weighted by Gasteiger charge is 2.17. The Kier molecular flexibility index (Phi) is 5.53. The maximum absolute atomic E-state index is 12.3. The molecule has 1 rings (SSSR count). The minimum absolute atomic E-state index is 0.0740. The molecule has 1 unspecified atom stereocenters. The molecular formula is C12H13BrF2O3. The topological polar surface area (TPSA) is 35.5 Å². The molecule has 0 saturated carbocycles. The first kappa shape index (κ1) is 14.9. The number of halogens is 3. The third kappa shape index (κ3) is 3.94. The molecule has 0 spiro atoms. The van der Waals surface area contributed by atoms with Gasteiger partial charge < -0.3 is 9.47 Å². The lowest BCUT2D eigenvalue weighted by atomic mass is 10.1. The van der Waals surface area contributed by atoms with Gasteiger partial charge in [0.15, 0.2) is 11.5 Å². The van der Waals surface area contributed by atoms with Gasteiger partial charge >= 0.3 is 6.61 Å². The summed E-state index contributed by atoms with van der Waals surface area (Å²) in [5.41, 5.74) is 0.543. The van der Waals surface area contributed by atoms with E-state index < -0.39 is 11.4 Å². The average Bonchev–Trinajstić information content (AvgIpc) is 2.30. The summed E-state index contributed by atoms with van der Waals surface area (Å²) in [7, 11) is 0. The molecule has 0 heterocycles. The van der Waals surface area contributed by atoms with Gasteiger partial charge in [0.1, 0.15) is 5.78 Å². The number of carbonyl (C=O) groups excluding carboxylic acids is 1. The van der Waals surface area contributed by atoms with Crippen molar-refractivity contribution in [1.29, 1.82) is 0 Å². The molecule has 0 saturated heterocycles. The third-order valence-electron chi connectivity index (χ3n) is 2.13. The molecule has 0 aliphatic rings. The lowest BCUT2D eigenvalue weighted by molar-refractivity contribution is -0.116. The molecular weight excluding hydrogens is 310 g/mol. The van der Waals surface area contributed by atoms with Crippen LogP contribution in [0.15, 0.2) is 18.2 Å². The van der Waals surface area contributed by atoms with Crippen molar-refractivity contribution in [2.75, 3.05) is 6.61 Å². The molecule has 0 radical (unpaired) electrons. The van der Waals surface area contributed by atoms with E-state index in [4.69, 9.17) is 4.74 Å². The molecule has 0 fully saturated rings. The van der Waals surface area contributed by atoms with E-state index in [0.717, 1.165) is 0 Å². The van der Waals surface area contributed by atoms with Gasteiger partial charge in [0, 0.05) is 0 Å². The van der Waals surface area contributed by atoms with Crippen LogP contribution in [0, 0.1) is 0 Å². The van der Waals surface area contributed by atoms with Crippen LogP contribution in [0.5, 0.6) is 11.5 Å². The van der Waals surface area contributed by atoms with Gasteiger partial charge in [-0.1, -0.05) is 22.0 Å². The Morgan fingerprint density at radius 2 is 2.06 bits per heavy atom. The van der Waals surface area contributed by atoms with Gasteiger partial charge in [-0.2, -0.15) is 8.78 Å². The molecule has 1 atom stereocenters. The Morgan fingerprint density at radius 1 is 1.39 bits per heavy atom. The monoisotopic (exact) mass is 322 g/mol. The SMILES string of the molecule is CCOc1ccc(C(Br)C(C)=O)cc1OC(F)F. The average molecular weight is 323 g/mol. The van der Waals surface area contributed by atoms with Crippen molar-refractivity contribution in [1.82, 2.24) is 0 Å². The van der Waals surface area contributed by atoms with Crippen molar-refractivity contribution in [3.05, 3.63) is 23.8 Å². The Hall–Kier alpha value is -1.17. The van der Waals surface area contributed by atoms with E-state index in [1.807, 2.05) is 0 Å². The van der Waals surface area contributed by atoms with Gasteiger partial charge in [0.25, 0.3) is 0 Å². The molecule has 100 valence electrons. The van der Waals surface area contributed by atoms with E-state index in [9.17, 15) is 13.6 Å². The molecule has 1 aromatic rings. The normalized spacial score (nSPS) is 12.3. The Balaban J connectivity index is 3.07. The third-order valence-corrected chi connectivity index (χ3v) is 3.31. The van der Waals surface area contributed by atoms with E-state index >= 15 is 0 Å². The first-order valence-electron chi connectivity index (χ1n) is 5.31. The van der Waals surface area contributed by atoms with Crippen LogP contribution in [-0.4, -0.2) is 19.0 Å². The van der Waals surface area contributed by atoms with Crippen molar-refractivity contribution >= 4 is 21.7 Å². The van der Waals surface area contributed by atoms with Crippen molar-refractivity contribution in [2.24, 2.45) is 0 Å². The zero-order chi connectivity index (χ0) is 13.7. The number of Topliss-reactive ketones (excluding diaryl/α,β-unsaturated/α-hetero) is 1. The number of rotatable bonds is 6. The second-order valence-corrected chi connectivity index (χ2v) is 4.41. The summed E-state index contributed by atoms with van der Waals surface area (Å²) in [6.45, 7) is 0.543. The standard InChI is InChI=1S/C12H13BrF2O3/c1-3-17-9-5-4-8(11(13)7(2)16)6-10(9)18-12(14)15/h4-6,11-12H,3H2,1-2H3. The van der Waals surface area contributed by atoms with Crippen molar-refractivity contribution in [2.45, 2.75) is 25.3 Å². The number of carbonyl (C=O) groups is 1. The second kappa shape index (κ2) is 6.68. The van der Waals surface area contributed by atoms with E-state index in [1.165, 1.54) is 19.1 Å². The van der Waals surface area contributed by atoms with Gasteiger partial charge in [-0.15, -0.1) is 0 Å². The Morgan fingerprint density at radius 3 is 2.56 bits per heavy atom. The van der Waals surface area contributed by atoms with Gasteiger partial charge in [0.2, 0.25) is 0 Å². The largest absolute Gasteiger partial charge is 0.490 e. The minimum atomic E-state index is -2.94. The molecule has 0 N–H and O–H groups in total. The summed E-state index contributed by atoms with van der Waals surface area (Å²) < 4.78 is 34.1. The number of alkyl halides is 3. The number of hydrogen-bond donors (Lipinski definition) is 0. The van der Waals surface area contributed by atoms with Crippen LogP contribution in [0.2, 0.25) is 0 Å².